The Morgan fingerprint density at radius 1 is 1.50 bits per heavy atom. The van der Waals surface area contributed by atoms with E-state index in [0.717, 1.165) is 5.69 Å². The SMILES string of the molecule is C[C@@H](CNC(C)(C)C(=O)O)Nc1cccc(Cl)c1. The first kappa shape index (κ1) is 14.8. The van der Waals surface area contributed by atoms with Gasteiger partial charge >= 0.3 is 5.97 Å². The highest BCUT2D eigenvalue weighted by atomic mass is 35.5. The van der Waals surface area contributed by atoms with E-state index in [4.69, 9.17) is 16.7 Å². The molecule has 0 aliphatic carbocycles. The van der Waals surface area contributed by atoms with Crippen LogP contribution in [0.25, 0.3) is 0 Å². The first-order valence-electron chi connectivity index (χ1n) is 5.82. The van der Waals surface area contributed by atoms with Gasteiger partial charge in [0.25, 0.3) is 0 Å². The van der Waals surface area contributed by atoms with Crippen LogP contribution in [0.1, 0.15) is 20.8 Å². The van der Waals surface area contributed by atoms with Crippen molar-refractivity contribution in [3.05, 3.63) is 29.3 Å². The lowest BCUT2D eigenvalue weighted by molar-refractivity contribution is -0.143. The first-order valence-corrected chi connectivity index (χ1v) is 6.19. The molecule has 3 N–H and O–H groups in total. The predicted molar refractivity (Wildman–Crippen MR) is 74.3 cm³/mol. The molecule has 0 bridgehead atoms. The minimum atomic E-state index is -0.926. The first-order chi connectivity index (χ1) is 8.31. The second-order valence-electron chi connectivity index (χ2n) is 4.87. The number of carboxylic acids is 1. The van der Waals surface area contributed by atoms with Crippen LogP contribution in [-0.2, 0) is 4.79 Å². The maximum Gasteiger partial charge on any atom is 0.323 e. The summed E-state index contributed by atoms with van der Waals surface area (Å²) in [6.07, 6.45) is 0. The van der Waals surface area contributed by atoms with Crippen molar-refractivity contribution in [1.29, 1.82) is 0 Å². The summed E-state index contributed by atoms with van der Waals surface area (Å²) >= 11 is 5.89. The molecule has 0 aliphatic rings. The van der Waals surface area contributed by atoms with E-state index in [1.54, 1.807) is 13.8 Å². The van der Waals surface area contributed by atoms with Gasteiger partial charge in [0.15, 0.2) is 0 Å². The third-order valence-corrected chi connectivity index (χ3v) is 2.86. The zero-order chi connectivity index (χ0) is 13.8. The Morgan fingerprint density at radius 3 is 2.72 bits per heavy atom. The van der Waals surface area contributed by atoms with Gasteiger partial charge in [-0.1, -0.05) is 17.7 Å². The van der Waals surface area contributed by atoms with Gasteiger partial charge in [-0.25, -0.2) is 0 Å². The molecule has 1 rings (SSSR count). The standard InChI is InChI=1S/C13H19ClN2O2/c1-9(8-15-13(2,3)12(17)18)16-11-6-4-5-10(14)7-11/h4-7,9,15-16H,8H2,1-3H3,(H,17,18)/t9-/m0/s1. The molecule has 0 amide bonds. The average molecular weight is 271 g/mol. The number of carbonyl (C=O) groups is 1. The van der Waals surface area contributed by atoms with E-state index < -0.39 is 11.5 Å². The van der Waals surface area contributed by atoms with Gasteiger partial charge in [-0.2, -0.15) is 0 Å². The van der Waals surface area contributed by atoms with E-state index in [1.165, 1.54) is 0 Å². The molecule has 0 aliphatic heterocycles. The Kier molecular flexibility index (Phi) is 4.99. The summed E-state index contributed by atoms with van der Waals surface area (Å²) in [5.74, 6) is -0.863. The maximum atomic E-state index is 10.9. The van der Waals surface area contributed by atoms with Crippen molar-refractivity contribution in [2.45, 2.75) is 32.4 Å². The summed E-state index contributed by atoms with van der Waals surface area (Å²) in [4.78, 5) is 10.9. The van der Waals surface area contributed by atoms with Crippen molar-refractivity contribution in [3.63, 3.8) is 0 Å². The minimum Gasteiger partial charge on any atom is -0.480 e. The molecule has 5 heteroatoms. The molecule has 1 atom stereocenters. The van der Waals surface area contributed by atoms with Crippen LogP contribution in [-0.4, -0.2) is 29.2 Å². The smallest absolute Gasteiger partial charge is 0.323 e. The third-order valence-electron chi connectivity index (χ3n) is 2.62. The molecule has 1 aromatic carbocycles. The van der Waals surface area contributed by atoms with Gasteiger partial charge in [-0.05, 0) is 39.0 Å². The summed E-state index contributed by atoms with van der Waals surface area (Å²) in [6, 6.07) is 7.53. The summed E-state index contributed by atoms with van der Waals surface area (Å²) in [7, 11) is 0. The van der Waals surface area contributed by atoms with E-state index in [1.807, 2.05) is 31.2 Å². The van der Waals surface area contributed by atoms with Crippen LogP contribution in [0.2, 0.25) is 5.02 Å². The maximum absolute atomic E-state index is 10.9. The fourth-order valence-electron chi connectivity index (χ4n) is 1.40. The van der Waals surface area contributed by atoms with Crippen molar-refractivity contribution in [2.75, 3.05) is 11.9 Å². The van der Waals surface area contributed by atoms with Crippen LogP contribution in [0, 0.1) is 0 Å². The van der Waals surface area contributed by atoms with Gasteiger partial charge in [0, 0.05) is 23.3 Å². The summed E-state index contributed by atoms with van der Waals surface area (Å²) in [6.45, 7) is 5.81. The molecule has 0 heterocycles. The molecule has 0 saturated carbocycles. The molecule has 18 heavy (non-hydrogen) atoms. The van der Waals surface area contributed by atoms with Crippen LogP contribution in [0.15, 0.2) is 24.3 Å². The molecule has 100 valence electrons. The molecule has 0 spiro atoms. The fraction of sp³-hybridized carbons (Fsp3) is 0.462. The number of nitrogens with one attached hydrogen (secondary N) is 2. The second kappa shape index (κ2) is 6.07. The second-order valence-corrected chi connectivity index (χ2v) is 5.30. The molecular formula is C13H19ClN2O2. The van der Waals surface area contributed by atoms with Gasteiger partial charge in [-0.15, -0.1) is 0 Å². The van der Waals surface area contributed by atoms with Crippen LogP contribution in [0.4, 0.5) is 5.69 Å². The molecular weight excluding hydrogens is 252 g/mol. The number of benzene rings is 1. The lowest BCUT2D eigenvalue weighted by Gasteiger charge is -2.24. The van der Waals surface area contributed by atoms with Crippen molar-refractivity contribution >= 4 is 23.3 Å². The number of carboxylic acid groups (broad SMARTS) is 1. The normalized spacial score (nSPS) is 13.1. The fourth-order valence-corrected chi connectivity index (χ4v) is 1.59. The number of rotatable bonds is 6. The molecule has 1 aromatic rings. The van der Waals surface area contributed by atoms with Gasteiger partial charge in [0.2, 0.25) is 0 Å². The summed E-state index contributed by atoms with van der Waals surface area (Å²) in [5.41, 5.74) is -0.00508. The van der Waals surface area contributed by atoms with Crippen LogP contribution in [0.3, 0.4) is 0 Å². The molecule has 0 fully saturated rings. The van der Waals surface area contributed by atoms with E-state index in [9.17, 15) is 4.79 Å². The van der Waals surface area contributed by atoms with Gasteiger partial charge in [0.1, 0.15) is 5.54 Å². The molecule has 0 aromatic heterocycles. The topological polar surface area (TPSA) is 61.4 Å². The minimum absolute atomic E-state index is 0.0992. The van der Waals surface area contributed by atoms with Gasteiger partial charge in [-0.3, -0.25) is 4.79 Å². The zero-order valence-corrected chi connectivity index (χ0v) is 11.6. The van der Waals surface area contributed by atoms with E-state index in [0.29, 0.717) is 11.6 Å². The van der Waals surface area contributed by atoms with E-state index in [2.05, 4.69) is 10.6 Å². The molecule has 0 unspecified atom stereocenters. The predicted octanol–water partition coefficient (Wildman–Crippen LogP) is 2.59. The molecule has 0 saturated heterocycles. The summed E-state index contributed by atoms with van der Waals surface area (Å²) in [5, 5.41) is 15.9. The zero-order valence-electron chi connectivity index (χ0n) is 10.8. The Labute approximate surface area is 112 Å². The lowest BCUT2D eigenvalue weighted by Crippen LogP contribution is -2.50. The van der Waals surface area contributed by atoms with Crippen LogP contribution in [0.5, 0.6) is 0 Å². The molecule has 4 nitrogen and oxygen atoms in total. The van der Waals surface area contributed by atoms with Crippen molar-refractivity contribution < 1.29 is 9.90 Å². The van der Waals surface area contributed by atoms with Crippen molar-refractivity contribution in [2.24, 2.45) is 0 Å². The monoisotopic (exact) mass is 270 g/mol. The largest absolute Gasteiger partial charge is 0.480 e. The van der Waals surface area contributed by atoms with E-state index in [-0.39, 0.29) is 6.04 Å². The highest BCUT2D eigenvalue weighted by Gasteiger charge is 2.26. The highest BCUT2D eigenvalue weighted by Crippen LogP contribution is 2.15. The lowest BCUT2D eigenvalue weighted by atomic mass is 10.1. The Hall–Kier alpha value is -1.26. The van der Waals surface area contributed by atoms with Crippen molar-refractivity contribution in [3.8, 4) is 0 Å². The van der Waals surface area contributed by atoms with Crippen LogP contribution < -0.4 is 10.6 Å². The summed E-state index contributed by atoms with van der Waals surface area (Å²) < 4.78 is 0. The number of anilines is 1. The molecule has 0 radical (unpaired) electrons. The quantitative estimate of drug-likeness (QED) is 0.744. The number of hydrogen-bond donors (Lipinski definition) is 3. The van der Waals surface area contributed by atoms with Crippen LogP contribution >= 0.6 is 11.6 Å². The average Bonchev–Trinajstić information content (AvgIpc) is 2.26. The van der Waals surface area contributed by atoms with Gasteiger partial charge in [0.05, 0.1) is 0 Å². The Bertz CT molecular complexity index is 421. The Balaban J connectivity index is 2.47. The number of aliphatic carboxylic acids is 1. The highest BCUT2D eigenvalue weighted by molar-refractivity contribution is 6.30. The van der Waals surface area contributed by atoms with E-state index >= 15 is 0 Å². The third kappa shape index (κ3) is 4.55. The Morgan fingerprint density at radius 2 is 2.17 bits per heavy atom. The van der Waals surface area contributed by atoms with Gasteiger partial charge < -0.3 is 15.7 Å². The number of hydrogen-bond acceptors (Lipinski definition) is 3. The number of halogens is 1. The van der Waals surface area contributed by atoms with Crippen molar-refractivity contribution in [1.82, 2.24) is 5.32 Å².